The molecule has 0 atom stereocenters. The summed E-state index contributed by atoms with van der Waals surface area (Å²) in [5, 5.41) is 13.1. The Labute approximate surface area is 197 Å². The molecule has 0 spiro atoms. The van der Waals surface area contributed by atoms with Crippen LogP contribution in [0.2, 0.25) is 0 Å². The molecule has 2 aromatic heterocycles. The minimum atomic E-state index is 0.196. The third-order valence-electron chi connectivity index (χ3n) is 5.55. The number of aromatic nitrogens is 6. The molecule has 0 bridgehead atoms. The fourth-order valence-corrected chi connectivity index (χ4v) is 4.52. The zero-order chi connectivity index (χ0) is 22.6. The van der Waals surface area contributed by atoms with Crippen molar-refractivity contribution in [1.82, 2.24) is 29.7 Å². The second-order valence-electron chi connectivity index (χ2n) is 8.04. The number of nitrogen functional groups attached to an aromatic ring is 1. The van der Waals surface area contributed by atoms with Crippen LogP contribution in [0.15, 0.2) is 59.8 Å². The van der Waals surface area contributed by atoms with Crippen LogP contribution in [0.3, 0.4) is 0 Å². The van der Waals surface area contributed by atoms with E-state index in [-0.39, 0.29) is 5.95 Å². The van der Waals surface area contributed by atoms with Crippen molar-refractivity contribution in [3.63, 3.8) is 0 Å². The first-order valence-corrected chi connectivity index (χ1v) is 12.1. The predicted molar refractivity (Wildman–Crippen MR) is 130 cm³/mol. The number of anilines is 3. The summed E-state index contributed by atoms with van der Waals surface area (Å²) >= 11 is 1.57. The molecule has 33 heavy (non-hydrogen) atoms. The molecule has 9 heteroatoms. The molecule has 1 saturated carbocycles. The number of nitrogens with two attached hydrogens (primary N) is 1. The number of hydrogen-bond donors (Lipinski definition) is 2. The molecule has 0 amide bonds. The second kappa shape index (κ2) is 9.58. The van der Waals surface area contributed by atoms with Crippen LogP contribution in [-0.2, 0) is 18.7 Å². The molecule has 3 N–H and O–H groups in total. The van der Waals surface area contributed by atoms with Crippen LogP contribution in [0, 0.1) is 0 Å². The van der Waals surface area contributed by atoms with E-state index in [9.17, 15) is 0 Å². The van der Waals surface area contributed by atoms with Crippen molar-refractivity contribution < 1.29 is 0 Å². The third kappa shape index (κ3) is 5.14. The summed E-state index contributed by atoms with van der Waals surface area (Å²) in [5.74, 6) is 3.35. The Bertz CT molecular complexity index is 1240. The smallest absolute Gasteiger partial charge is 0.232 e. The van der Waals surface area contributed by atoms with Crippen LogP contribution in [0.4, 0.5) is 17.6 Å². The summed E-state index contributed by atoms with van der Waals surface area (Å²) in [7, 11) is 0. The molecule has 168 valence electrons. The summed E-state index contributed by atoms with van der Waals surface area (Å²) in [6, 6.07) is 18.5. The lowest BCUT2D eigenvalue weighted by Crippen LogP contribution is -2.08. The van der Waals surface area contributed by atoms with Crippen molar-refractivity contribution in [3.8, 4) is 0 Å². The standard InChI is InChI=1S/C24H26N8S/c1-2-17-10-6-7-11-19(17)26-23-28-20(27-22(25)29-23)15-33-24-31-30-21(18-12-13-18)32(24)14-16-8-4-3-5-9-16/h3-11,18H,2,12-15H2,1H3,(H3,25,26,27,28,29). The zero-order valence-corrected chi connectivity index (χ0v) is 19.3. The molecule has 0 radical (unpaired) electrons. The van der Waals surface area contributed by atoms with Gasteiger partial charge in [-0.2, -0.15) is 15.0 Å². The predicted octanol–water partition coefficient (Wildman–Crippen LogP) is 4.57. The van der Waals surface area contributed by atoms with E-state index in [1.807, 2.05) is 24.3 Å². The van der Waals surface area contributed by atoms with E-state index in [2.05, 4.69) is 72.3 Å². The van der Waals surface area contributed by atoms with Crippen LogP contribution in [-0.4, -0.2) is 29.7 Å². The first kappa shape index (κ1) is 21.4. The highest BCUT2D eigenvalue weighted by atomic mass is 32.2. The number of thioether (sulfide) groups is 1. The van der Waals surface area contributed by atoms with Gasteiger partial charge in [0.05, 0.1) is 12.3 Å². The maximum Gasteiger partial charge on any atom is 0.232 e. The van der Waals surface area contributed by atoms with Crippen LogP contribution >= 0.6 is 11.8 Å². The van der Waals surface area contributed by atoms with E-state index >= 15 is 0 Å². The Balaban J connectivity index is 1.34. The van der Waals surface area contributed by atoms with Gasteiger partial charge in [0.2, 0.25) is 11.9 Å². The molecule has 0 aliphatic heterocycles. The SMILES string of the molecule is CCc1ccccc1Nc1nc(N)nc(CSc2nnc(C3CC3)n2Cc2ccccc2)n1. The molecule has 4 aromatic rings. The van der Waals surface area contributed by atoms with E-state index in [1.54, 1.807) is 11.8 Å². The van der Waals surface area contributed by atoms with Crippen LogP contribution in [0.1, 0.15) is 48.5 Å². The second-order valence-corrected chi connectivity index (χ2v) is 8.99. The minimum absolute atomic E-state index is 0.196. The molecular formula is C24H26N8S. The number of nitrogens with one attached hydrogen (secondary N) is 1. The molecule has 2 heterocycles. The van der Waals surface area contributed by atoms with Crippen molar-refractivity contribution in [2.45, 2.75) is 49.6 Å². The number of aryl methyl sites for hydroxylation is 1. The van der Waals surface area contributed by atoms with Gasteiger partial charge in [-0.25, -0.2) is 0 Å². The van der Waals surface area contributed by atoms with Gasteiger partial charge in [-0.3, -0.25) is 0 Å². The molecule has 0 unspecified atom stereocenters. The molecule has 8 nitrogen and oxygen atoms in total. The number of benzene rings is 2. The van der Waals surface area contributed by atoms with E-state index in [0.717, 1.165) is 29.6 Å². The van der Waals surface area contributed by atoms with Crippen molar-refractivity contribution in [1.29, 1.82) is 0 Å². The van der Waals surface area contributed by atoms with Gasteiger partial charge in [-0.15, -0.1) is 10.2 Å². The Kier molecular flexibility index (Phi) is 6.21. The first-order chi connectivity index (χ1) is 16.2. The van der Waals surface area contributed by atoms with E-state index < -0.39 is 0 Å². The number of nitrogens with zero attached hydrogens (tertiary/aromatic N) is 6. The average Bonchev–Trinajstić information content (AvgIpc) is 3.60. The summed E-state index contributed by atoms with van der Waals surface area (Å²) in [6.45, 7) is 2.87. The van der Waals surface area contributed by atoms with Crippen molar-refractivity contribution in [2.75, 3.05) is 11.1 Å². The average molecular weight is 459 g/mol. The van der Waals surface area contributed by atoms with E-state index in [1.165, 1.54) is 24.0 Å². The molecule has 1 fully saturated rings. The van der Waals surface area contributed by atoms with Crippen LogP contribution in [0.25, 0.3) is 0 Å². The highest BCUT2D eigenvalue weighted by Gasteiger charge is 2.30. The Hall–Kier alpha value is -3.46. The van der Waals surface area contributed by atoms with Gasteiger partial charge in [-0.1, -0.05) is 67.2 Å². The number of hydrogen-bond acceptors (Lipinski definition) is 8. The fourth-order valence-electron chi connectivity index (χ4n) is 3.72. The summed E-state index contributed by atoms with van der Waals surface area (Å²) in [5.41, 5.74) is 9.38. The normalized spacial score (nSPS) is 13.2. The van der Waals surface area contributed by atoms with Crippen molar-refractivity contribution >= 4 is 29.3 Å². The highest BCUT2D eigenvalue weighted by Crippen LogP contribution is 2.40. The van der Waals surface area contributed by atoms with Gasteiger partial charge >= 0.3 is 0 Å². The molecule has 1 aliphatic carbocycles. The summed E-state index contributed by atoms with van der Waals surface area (Å²) in [4.78, 5) is 13.2. The zero-order valence-electron chi connectivity index (χ0n) is 18.5. The minimum Gasteiger partial charge on any atom is -0.368 e. The number of para-hydroxylation sites is 1. The quantitative estimate of drug-likeness (QED) is 0.351. The van der Waals surface area contributed by atoms with Gasteiger partial charge in [0.1, 0.15) is 11.6 Å². The van der Waals surface area contributed by atoms with Crippen LogP contribution in [0.5, 0.6) is 0 Å². The fraction of sp³-hybridized carbons (Fsp3) is 0.292. The molecule has 0 saturated heterocycles. The van der Waals surface area contributed by atoms with Gasteiger partial charge in [0, 0.05) is 11.6 Å². The Morgan fingerprint density at radius 1 is 1.00 bits per heavy atom. The number of rotatable bonds is 9. The highest BCUT2D eigenvalue weighted by molar-refractivity contribution is 7.98. The van der Waals surface area contributed by atoms with Gasteiger partial charge < -0.3 is 15.6 Å². The molecular weight excluding hydrogens is 432 g/mol. The monoisotopic (exact) mass is 458 g/mol. The van der Waals surface area contributed by atoms with Gasteiger partial charge in [0.25, 0.3) is 0 Å². The van der Waals surface area contributed by atoms with Gasteiger partial charge in [0.15, 0.2) is 5.16 Å². The lowest BCUT2D eigenvalue weighted by atomic mass is 10.1. The third-order valence-corrected chi connectivity index (χ3v) is 6.51. The van der Waals surface area contributed by atoms with E-state index in [4.69, 9.17) is 5.73 Å². The maximum atomic E-state index is 5.99. The molecule has 1 aliphatic rings. The molecule has 5 rings (SSSR count). The Morgan fingerprint density at radius 2 is 1.79 bits per heavy atom. The lowest BCUT2D eigenvalue weighted by molar-refractivity contribution is 0.667. The van der Waals surface area contributed by atoms with Gasteiger partial charge in [-0.05, 0) is 36.5 Å². The summed E-state index contributed by atoms with van der Waals surface area (Å²) < 4.78 is 2.22. The van der Waals surface area contributed by atoms with E-state index in [0.29, 0.717) is 23.4 Å². The topological polar surface area (TPSA) is 107 Å². The maximum absolute atomic E-state index is 5.99. The van der Waals surface area contributed by atoms with Crippen molar-refractivity contribution in [2.24, 2.45) is 0 Å². The summed E-state index contributed by atoms with van der Waals surface area (Å²) in [6.07, 6.45) is 3.26. The Morgan fingerprint density at radius 3 is 2.58 bits per heavy atom. The van der Waals surface area contributed by atoms with Crippen LogP contribution < -0.4 is 11.1 Å². The lowest BCUT2D eigenvalue weighted by Gasteiger charge is -2.11. The first-order valence-electron chi connectivity index (χ1n) is 11.1. The van der Waals surface area contributed by atoms with Crippen molar-refractivity contribution in [3.05, 3.63) is 77.4 Å². The largest absolute Gasteiger partial charge is 0.368 e. The molecule has 2 aromatic carbocycles.